The number of nitrogens with zero attached hydrogens (tertiary/aromatic N) is 1. The lowest BCUT2D eigenvalue weighted by Gasteiger charge is -2.06. The summed E-state index contributed by atoms with van der Waals surface area (Å²) in [5.74, 6) is -0.988. The number of aromatic carboxylic acids is 1. The van der Waals surface area contributed by atoms with Gasteiger partial charge in [0, 0.05) is 10.6 Å². The van der Waals surface area contributed by atoms with Crippen LogP contribution in [0.2, 0.25) is 5.02 Å². The minimum Gasteiger partial charge on any atom is -0.477 e. The van der Waals surface area contributed by atoms with Gasteiger partial charge in [0.15, 0.2) is 0 Å². The number of rotatable bonds is 2. The van der Waals surface area contributed by atoms with Crippen LogP contribution in [0.5, 0.6) is 0 Å². The Morgan fingerprint density at radius 2 is 2.00 bits per heavy atom. The highest BCUT2D eigenvalue weighted by Crippen LogP contribution is 2.21. The molecule has 0 aliphatic rings. The molecule has 0 aliphatic heterocycles. The summed E-state index contributed by atoms with van der Waals surface area (Å²) in [5, 5.41) is 9.44. The highest BCUT2D eigenvalue weighted by molar-refractivity contribution is 6.30. The Labute approximate surface area is 113 Å². The molecule has 98 valence electrons. The molecule has 1 aromatic carbocycles. The van der Waals surface area contributed by atoms with E-state index in [-0.39, 0.29) is 11.3 Å². The van der Waals surface area contributed by atoms with Crippen molar-refractivity contribution in [3.8, 4) is 11.4 Å². The van der Waals surface area contributed by atoms with Crippen LogP contribution in [0, 0.1) is 13.8 Å². The number of halogens is 1. The second-order valence-corrected chi connectivity index (χ2v) is 4.63. The summed E-state index contributed by atoms with van der Waals surface area (Å²) in [4.78, 5) is 29.2. The van der Waals surface area contributed by atoms with Crippen LogP contribution in [0.15, 0.2) is 23.0 Å². The van der Waals surface area contributed by atoms with Gasteiger partial charge in [-0.25, -0.2) is 9.78 Å². The molecule has 0 bridgehead atoms. The van der Waals surface area contributed by atoms with Crippen molar-refractivity contribution in [3.63, 3.8) is 0 Å². The maximum absolute atomic E-state index is 11.7. The molecule has 19 heavy (non-hydrogen) atoms. The molecule has 5 nitrogen and oxygen atoms in total. The Bertz CT molecular complexity index is 702. The zero-order valence-electron chi connectivity index (χ0n) is 10.3. The number of hydrogen-bond acceptors (Lipinski definition) is 3. The molecule has 0 atom stereocenters. The van der Waals surface area contributed by atoms with Crippen molar-refractivity contribution in [2.45, 2.75) is 13.8 Å². The normalized spacial score (nSPS) is 10.5. The standard InChI is InChI=1S/C13H11ClN2O3/c1-6-3-8(5-9(14)4-6)11-15-7(2)10(13(18)19)12(17)16-11/h3-5H,1-2H3,(H,18,19)(H,15,16,17). The fraction of sp³-hybridized carbons (Fsp3) is 0.154. The molecule has 0 aliphatic carbocycles. The van der Waals surface area contributed by atoms with E-state index in [4.69, 9.17) is 16.7 Å². The number of carboxylic acids is 1. The van der Waals surface area contributed by atoms with Crippen LogP contribution in [-0.2, 0) is 0 Å². The molecular formula is C13H11ClN2O3. The molecule has 2 rings (SSSR count). The minimum absolute atomic E-state index is 0.170. The highest BCUT2D eigenvalue weighted by Gasteiger charge is 2.15. The number of benzene rings is 1. The third-order valence-electron chi connectivity index (χ3n) is 2.63. The largest absolute Gasteiger partial charge is 0.477 e. The van der Waals surface area contributed by atoms with Gasteiger partial charge in [-0.05, 0) is 37.6 Å². The number of hydrogen-bond donors (Lipinski definition) is 2. The SMILES string of the molecule is Cc1cc(Cl)cc(-c2nc(C)c(C(=O)O)c(=O)[nH]2)c1. The van der Waals surface area contributed by atoms with Gasteiger partial charge in [-0.1, -0.05) is 11.6 Å². The minimum atomic E-state index is -1.29. The summed E-state index contributed by atoms with van der Waals surface area (Å²) in [6.07, 6.45) is 0. The van der Waals surface area contributed by atoms with Crippen molar-refractivity contribution in [1.82, 2.24) is 9.97 Å². The van der Waals surface area contributed by atoms with E-state index >= 15 is 0 Å². The summed E-state index contributed by atoms with van der Waals surface area (Å²) < 4.78 is 0. The van der Waals surface area contributed by atoms with Gasteiger partial charge >= 0.3 is 5.97 Å². The molecule has 0 spiro atoms. The molecule has 0 saturated heterocycles. The first-order chi connectivity index (χ1) is 8.88. The van der Waals surface area contributed by atoms with Gasteiger partial charge in [-0.3, -0.25) is 4.79 Å². The van der Waals surface area contributed by atoms with Gasteiger partial charge in [0.1, 0.15) is 11.4 Å². The highest BCUT2D eigenvalue weighted by atomic mass is 35.5. The Morgan fingerprint density at radius 1 is 1.32 bits per heavy atom. The molecule has 0 radical (unpaired) electrons. The molecule has 2 N–H and O–H groups in total. The molecular weight excluding hydrogens is 268 g/mol. The van der Waals surface area contributed by atoms with Crippen molar-refractivity contribution in [1.29, 1.82) is 0 Å². The first-order valence-electron chi connectivity index (χ1n) is 5.50. The molecule has 0 fully saturated rings. The number of nitrogens with one attached hydrogen (secondary N) is 1. The van der Waals surface area contributed by atoms with Crippen LogP contribution < -0.4 is 5.56 Å². The number of aromatic nitrogens is 2. The average Bonchev–Trinajstić information content (AvgIpc) is 2.25. The quantitative estimate of drug-likeness (QED) is 0.883. The molecule has 0 saturated carbocycles. The van der Waals surface area contributed by atoms with Crippen molar-refractivity contribution < 1.29 is 9.90 Å². The zero-order valence-corrected chi connectivity index (χ0v) is 11.1. The smallest absolute Gasteiger partial charge is 0.343 e. The summed E-state index contributed by atoms with van der Waals surface area (Å²) in [6.45, 7) is 3.35. The van der Waals surface area contributed by atoms with E-state index in [1.807, 2.05) is 13.0 Å². The van der Waals surface area contributed by atoms with Crippen LogP contribution >= 0.6 is 11.6 Å². The number of carboxylic acid groups (broad SMARTS) is 1. The lowest BCUT2D eigenvalue weighted by atomic mass is 10.1. The Hall–Kier alpha value is -2.14. The van der Waals surface area contributed by atoms with Crippen molar-refractivity contribution in [3.05, 3.63) is 50.4 Å². The number of H-pyrrole nitrogens is 1. The summed E-state index contributed by atoms with van der Waals surface area (Å²) in [7, 11) is 0. The summed E-state index contributed by atoms with van der Waals surface area (Å²) >= 11 is 5.95. The third-order valence-corrected chi connectivity index (χ3v) is 2.85. The second-order valence-electron chi connectivity index (χ2n) is 4.20. The fourth-order valence-corrected chi connectivity index (χ4v) is 2.14. The van der Waals surface area contributed by atoms with Crippen LogP contribution in [0.4, 0.5) is 0 Å². The first-order valence-corrected chi connectivity index (χ1v) is 5.88. The maximum Gasteiger partial charge on any atom is 0.343 e. The van der Waals surface area contributed by atoms with E-state index < -0.39 is 11.5 Å². The fourth-order valence-electron chi connectivity index (χ4n) is 1.85. The lowest BCUT2D eigenvalue weighted by molar-refractivity contribution is 0.0693. The van der Waals surface area contributed by atoms with Crippen LogP contribution in [0.25, 0.3) is 11.4 Å². The topological polar surface area (TPSA) is 83.0 Å². The average molecular weight is 279 g/mol. The van der Waals surface area contributed by atoms with Gasteiger partial charge in [-0.15, -0.1) is 0 Å². The maximum atomic E-state index is 11.7. The summed E-state index contributed by atoms with van der Waals surface area (Å²) in [6, 6.07) is 5.25. The Morgan fingerprint density at radius 3 is 2.53 bits per heavy atom. The molecule has 6 heteroatoms. The van der Waals surface area contributed by atoms with Gasteiger partial charge in [0.25, 0.3) is 5.56 Å². The van der Waals surface area contributed by atoms with E-state index in [2.05, 4.69) is 9.97 Å². The molecule has 1 heterocycles. The lowest BCUT2D eigenvalue weighted by Crippen LogP contribution is -2.21. The van der Waals surface area contributed by atoms with Crippen molar-refractivity contribution in [2.75, 3.05) is 0 Å². The van der Waals surface area contributed by atoms with E-state index in [0.29, 0.717) is 16.4 Å². The van der Waals surface area contributed by atoms with E-state index in [1.54, 1.807) is 12.1 Å². The van der Waals surface area contributed by atoms with Gasteiger partial charge < -0.3 is 10.1 Å². The molecule has 1 aromatic heterocycles. The molecule has 0 unspecified atom stereocenters. The van der Waals surface area contributed by atoms with E-state index in [9.17, 15) is 9.59 Å². The molecule has 2 aromatic rings. The van der Waals surface area contributed by atoms with Gasteiger partial charge in [0.05, 0.1) is 5.69 Å². The van der Waals surface area contributed by atoms with Gasteiger partial charge in [-0.2, -0.15) is 0 Å². The molecule has 0 amide bonds. The van der Waals surface area contributed by atoms with Crippen molar-refractivity contribution >= 4 is 17.6 Å². The van der Waals surface area contributed by atoms with Crippen LogP contribution in [0.1, 0.15) is 21.6 Å². The van der Waals surface area contributed by atoms with E-state index in [0.717, 1.165) is 5.56 Å². The van der Waals surface area contributed by atoms with Crippen LogP contribution in [0.3, 0.4) is 0 Å². The Balaban J connectivity index is 2.65. The predicted octanol–water partition coefficient (Wildman–Crippen LogP) is 2.41. The second kappa shape index (κ2) is 4.85. The predicted molar refractivity (Wildman–Crippen MR) is 71.7 cm³/mol. The van der Waals surface area contributed by atoms with Gasteiger partial charge in [0.2, 0.25) is 0 Å². The number of carbonyl (C=O) groups is 1. The van der Waals surface area contributed by atoms with Crippen molar-refractivity contribution in [2.24, 2.45) is 0 Å². The monoisotopic (exact) mass is 278 g/mol. The first kappa shape index (κ1) is 13.3. The zero-order chi connectivity index (χ0) is 14.2. The Kier molecular flexibility index (Phi) is 3.40. The number of aryl methyl sites for hydroxylation is 2. The van der Waals surface area contributed by atoms with E-state index in [1.165, 1.54) is 6.92 Å². The van der Waals surface area contributed by atoms with Crippen LogP contribution in [-0.4, -0.2) is 21.0 Å². The number of aromatic amines is 1. The third kappa shape index (κ3) is 2.66. The summed E-state index contributed by atoms with van der Waals surface area (Å²) in [5.41, 5.74) is 0.714.